The lowest BCUT2D eigenvalue weighted by atomic mass is 10.1. The van der Waals surface area contributed by atoms with Crippen LogP contribution in [0.5, 0.6) is 5.75 Å². The first-order valence-corrected chi connectivity index (χ1v) is 7.99. The van der Waals surface area contributed by atoms with Gasteiger partial charge in [-0.3, -0.25) is 4.79 Å². The standard InChI is InChI=1S/C18H16BrNO2/c1-2-12-5-3-4-6-16(12)20-18(21)14-9-13-10-15(19)7-8-17(13)22-11-14/h3-10H,2,11H2,1H3,(H,20,21). The van der Waals surface area contributed by atoms with E-state index in [-0.39, 0.29) is 12.5 Å². The van der Waals surface area contributed by atoms with Gasteiger partial charge in [-0.05, 0) is 42.3 Å². The Morgan fingerprint density at radius 3 is 2.91 bits per heavy atom. The number of fused-ring (bicyclic) bond motifs is 1. The summed E-state index contributed by atoms with van der Waals surface area (Å²) in [5, 5.41) is 2.98. The van der Waals surface area contributed by atoms with Crippen LogP contribution in [0.3, 0.4) is 0 Å². The highest BCUT2D eigenvalue weighted by Gasteiger charge is 2.18. The zero-order valence-electron chi connectivity index (χ0n) is 12.2. The number of amides is 1. The van der Waals surface area contributed by atoms with E-state index in [1.807, 2.05) is 48.5 Å². The normalized spacial score (nSPS) is 12.9. The quantitative estimate of drug-likeness (QED) is 0.882. The average molecular weight is 358 g/mol. The predicted octanol–water partition coefficient (Wildman–Crippen LogP) is 4.43. The molecule has 0 bridgehead atoms. The minimum Gasteiger partial charge on any atom is -0.488 e. The summed E-state index contributed by atoms with van der Waals surface area (Å²) >= 11 is 3.43. The van der Waals surface area contributed by atoms with E-state index in [0.29, 0.717) is 5.57 Å². The molecule has 1 heterocycles. The van der Waals surface area contributed by atoms with E-state index in [4.69, 9.17) is 4.74 Å². The Morgan fingerprint density at radius 2 is 2.09 bits per heavy atom. The van der Waals surface area contributed by atoms with Crippen molar-refractivity contribution in [3.8, 4) is 5.75 Å². The molecule has 1 N–H and O–H groups in total. The molecule has 112 valence electrons. The van der Waals surface area contributed by atoms with Crippen LogP contribution in [-0.2, 0) is 11.2 Å². The molecule has 0 aromatic heterocycles. The number of aryl methyl sites for hydroxylation is 1. The van der Waals surface area contributed by atoms with Crippen LogP contribution in [0.25, 0.3) is 6.08 Å². The lowest BCUT2D eigenvalue weighted by Gasteiger charge is -2.18. The van der Waals surface area contributed by atoms with E-state index < -0.39 is 0 Å². The predicted molar refractivity (Wildman–Crippen MR) is 92.1 cm³/mol. The number of anilines is 1. The molecule has 0 radical (unpaired) electrons. The molecule has 0 aliphatic carbocycles. The lowest BCUT2D eigenvalue weighted by molar-refractivity contribution is -0.113. The Bertz CT molecular complexity index is 753. The van der Waals surface area contributed by atoms with Gasteiger partial charge in [-0.2, -0.15) is 0 Å². The highest BCUT2D eigenvalue weighted by molar-refractivity contribution is 9.10. The van der Waals surface area contributed by atoms with Crippen LogP contribution in [0.2, 0.25) is 0 Å². The Morgan fingerprint density at radius 1 is 1.27 bits per heavy atom. The molecular formula is C18H16BrNO2. The first kappa shape index (κ1) is 14.9. The molecule has 0 fully saturated rings. The van der Waals surface area contributed by atoms with E-state index in [1.165, 1.54) is 0 Å². The second kappa shape index (κ2) is 6.36. The molecule has 0 spiro atoms. The van der Waals surface area contributed by atoms with Crippen LogP contribution in [0.15, 0.2) is 52.5 Å². The van der Waals surface area contributed by atoms with Crippen LogP contribution in [0, 0.1) is 0 Å². The van der Waals surface area contributed by atoms with Crippen molar-refractivity contribution in [2.24, 2.45) is 0 Å². The Hall–Kier alpha value is -2.07. The summed E-state index contributed by atoms with van der Waals surface area (Å²) in [6.07, 6.45) is 2.76. The average Bonchev–Trinajstić information content (AvgIpc) is 2.54. The summed E-state index contributed by atoms with van der Waals surface area (Å²) in [4.78, 5) is 12.5. The van der Waals surface area contributed by atoms with E-state index in [9.17, 15) is 4.79 Å². The van der Waals surface area contributed by atoms with Gasteiger partial charge in [0.2, 0.25) is 0 Å². The zero-order chi connectivity index (χ0) is 15.5. The minimum atomic E-state index is -0.119. The fourth-order valence-corrected chi connectivity index (χ4v) is 2.81. The molecule has 2 aromatic carbocycles. The number of benzene rings is 2. The molecule has 2 aromatic rings. The van der Waals surface area contributed by atoms with Gasteiger partial charge in [0, 0.05) is 15.7 Å². The maximum atomic E-state index is 12.5. The number of para-hydroxylation sites is 1. The van der Waals surface area contributed by atoms with Gasteiger partial charge in [0.15, 0.2) is 0 Å². The lowest BCUT2D eigenvalue weighted by Crippen LogP contribution is -2.21. The van der Waals surface area contributed by atoms with Gasteiger partial charge >= 0.3 is 0 Å². The van der Waals surface area contributed by atoms with Gasteiger partial charge in [0.25, 0.3) is 5.91 Å². The summed E-state index contributed by atoms with van der Waals surface area (Å²) in [6, 6.07) is 13.6. The maximum absolute atomic E-state index is 12.5. The second-order valence-electron chi connectivity index (χ2n) is 5.11. The third-order valence-electron chi connectivity index (χ3n) is 3.62. The highest BCUT2D eigenvalue weighted by atomic mass is 79.9. The smallest absolute Gasteiger partial charge is 0.255 e. The maximum Gasteiger partial charge on any atom is 0.255 e. The van der Waals surface area contributed by atoms with Crippen LogP contribution in [0.1, 0.15) is 18.1 Å². The molecule has 0 atom stereocenters. The van der Waals surface area contributed by atoms with E-state index in [0.717, 1.165) is 33.5 Å². The first-order chi connectivity index (χ1) is 10.7. The van der Waals surface area contributed by atoms with E-state index in [1.54, 1.807) is 0 Å². The van der Waals surface area contributed by atoms with Crippen molar-refractivity contribution in [2.75, 3.05) is 11.9 Å². The van der Waals surface area contributed by atoms with Crippen molar-refractivity contribution in [3.05, 3.63) is 63.6 Å². The summed E-state index contributed by atoms with van der Waals surface area (Å²) < 4.78 is 6.62. The number of hydrogen-bond donors (Lipinski definition) is 1. The summed E-state index contributed by atoms with van der Waals surface area (Å²) in [5.41, 5.74) is 3.51. The van der Waals surface area contributed by atoms with E-state index in [2.05, 4.69) is 28.2 Å². The summed E-state index contributed by atoms with van der Waals surface area (Å²) in [5.74, 6) is 0.681. The molecule has 0 saturated heterocycles. The molecule has 1 aliphatic rings. The summed E-state index contributed by atoms with van der Waals surface area (Å²) in [7, 11) is 0. The van der Waals surface area contributed by atoms with Gasteiger partial charge in [-0.1, -0.05) is 41.1 Å². The number of nitrogens with one attached hydrogen (secondary N) is 1. The SMILES string of the molecule is CCc1ccccc1NC(=O)C1=Cc2cc(Br)ccc2OC1. The molecule has 0 saturated carbocycles. The van der Waals surface area contributed by atoms with Crippen molar-refractivity contribution < 1.29 is 9.53 Å². The molecule has 3 nitrogen and oxygen atoms in total. The third-order valence-corrected chi connectivity index (χ3v) is 4.12. The van der Waals surface area contributed by atoms with Gasteiger partial charge in [0.1, 0.15) is 12.4 Å². The number of ether oxygens (including phenoxy) is 1. The monoisotopic (exact) mass is 357 g/mol. The highest BCUT2D eigenvalue weighted by Crippen LogP contribution is 2.29. The number of carbonyl (C=O) groups excluding carboxylic acids is 1. The van der Waals surface area contributed by atoms with Crippen molar-refractivity contribution in [1.82, 2.24) is 0 Å². The van der Waals surface area contributed by atoms with Crippen LogP contribution in [-0.4, -0.2) is 12.5 Å². The van der Waals surface area contributed by atoms with Gasteiger partial charge in [-0.15, -0.1) is 0 Å². The topological polar surface area (TPSA) is 38.3 Å². The third kappa shape index (κ3) is 3.07. The fraction of sp³-hybridized carbons (Fsp3) is 0.167. The van der Waals surface area contributed by atoms with Crippen molar-refractivity contribution in [2.45, 2.75) is 13.3 Å². The number of carbonyl (C=O) groups is 1. The molecule has 1 amide bonds. The minimum absolute atomic E-state index is 0.119. The van der Waals surface area contributed by atoms with E-state index >= 15 is 0 Å². The molecule has 22 heavy (non-hydrogen) atoms. The molecule has 4 heteroatoms. The van der Waals surface area contributed by atoms with Crippen LogP contribution < -0.4 is 10.1 Å². The second-order valence-corrected chi connectivity index (χ2v) is 6.02. The van der Waals surface area contributed by atoms with Gasteiger partial charge in [0.05, 0.1) is 5.57 Å². The van der Waals surface area contributed by atoms with Gasteiger partial charge in [-0.25, -0.2) is 0 Å². The molecule has 1 aliphatic heterocycles. The fourth-order valence-electron chi connectivity index (χ4n) is 2.43. The largest absolute Gasteiger partial charge is 0.488 e. The van der Waals surface area contributed by atoms with Crippen molar-refractivity contribution in [1.29, 1.82) is 0 Å². The Labute approximate surface area is 138 Å². The van der Waals surface area contributed by atoms with Gasteiger partial charge < -0.3 is 10.1 Å². The summed E-state index contributed by atoms with van der Waals surface area (Å²) in [6.45, 7) is 2.36. The molecular weight excluding hydrogens is 342 g/mol. The zero-order valence-corrected chi connectivity index (χ0v) is 13.8. The Balaban J connectivity index is 1.84. The molecule has 0 unspecified atom stereocenters. The number of hydrogen-bond acceptors (Lipinski definition) is 2. The first-order valence-electron chi connectivity index (χ1n) is 7.19. The van der Waals surface area contributed by atoms with Crippen molar-refractivity contribution >= 4 is 33.6 Å². The van der Waals surface area contributed by atoms with Crippen LogP contribution in [0.4, 0.5) is 5.69 Å². The number of halogens is 1. The van der Waals surface area contributed by atoms with Crippen LogP contribution >= 0.6 is 15.9 Å². The molecule has 3 rings (SSSR count). The Kier molecular flexibility index (Phi) is 4.29. The number of rotatable bonds is 3. The van der Waals surface area contributed by atoms with Crippen molar-refractivity contribution in [3.63, 3.8) is 0 Å².